The number of nitrogens with zero attached hydrogens (tertiary/aromatic N) is 5. The molecule has 2 aliphatic rings. The fourth-order valence-corrected chi connectivity index (χ4v) is 4.46. The van der Waals surface area contributed by atoms with Gasteiger partial charge in [0.2, 0.25) is 11.0 Å². The third kappa shape index (κ3) is 2.98. The first-order valence-corrected chi connectivity index (χ1v) is 9.26. The fraction of sp³-hybridized carbons (Fsp3) is 0.588. The monoisotopic (exact) mass is 345 g/mol. The number of piperidine rings is 1. The average Bonchev–Trinajstić information content (AvgIpc) is 2.99. The first-order chi connectivity index (χ1) is 11.6. The minimum Gasteiger partial charge on any atom is -0.477 e. The van der Waals surface area contributed by atoms with Crippen LogP contribution in [0.15, 0.2) is 24.4 Å². The molecule has 128 valence electrons. The molecule has 1 spiro atoms. The third-order valence-corrected chi connectivity index (χ3v) is 6.11. The highest BCUT2D eigenvalue weighted by Crippen LogP contribution is 2.41. The van der Waals surface area contributed by atoms with Crippen LogP contribution in [0, 0.1) is 12.8 Å². The topological polar surface area (TPSA) is 54.4 Å². The van der Waals surface area contributed by atoms with Crippen LogP contribution in [0.25, 0.3) is 0 Å². The van der Waals surface area contributed by atoms with E-state index in [1.165, 1.54) is 12.8 Å². The summed E-state index contributed by atoms with van der Waals surface area (Å²) in [6, 6.07) is 5.80. The Labute approximate surface area is 146 Å². The SMILES string of the molecule is Cc1nnc(N2CC3(C[C@@H](COc4ccccn4)CCN3C)C2)s1. The molecule has 24 heavy (non-hydrogen) atoms. The van der Waals surface area contributed by atoms with Gasteiger partial charge in [0, 0.05) is 25.4 Å². The zero-order valence-electron chi connectivity index (χ0n) is 14.2. The third-order valence-electron chi connectivity index (χ3n) is 5.21. The zero-order chi connectivity index (χ0) is 16.6. The van der Waals surface area contributed by atoms with Crippen LogP contribution < -0.4 is 9.64 Å². The molecular formula is C17H23N5OS. The van der Waals surface area contributed by atoms with E-state index in [9.17, 15) is 0 Å². The Balaban J connectivity index is 1.36. The predicted molar refractivity (Wildman–Crippen MR) is 94.7 cm³/mol. The molecule has 2 saturated heterocycles. The largest absolute Gasteiger partial charge is 0.477 e. The lowest BCUT2D eigenvalue weighted by atomic mass is 9.75. The number of hydrogen-bond acceptors (Lipinski definition) is 7. The van der Waals surface area contributed by atoms with E-state index in [-0.39, 0.29) is 5.54 Å². The standard InChI is InChI=1S/C17H23N5OS/c1-13-19-20-16(24-13)22-11-17(12-22)9-14(6-8-21(17)2)10-23-15-5-3-4-7-18-15/h3-5,7,14H,6,8-12H2,1-2H3/t14-/m0/s1. The fourth-order valence-electron chi connectivity index (χ4n) is 3.77. The van der Waals surface area contributed by atoms with Gasteiger partial charge in [-0.05, 0) is 45.3 Å². The Morgan fingerprint density at radius 3 is 2.92 bits per heavy atom. The molecule has 2 aromatic heterocycles. The van der Waals surface area contributed by atoms with Gasteiger partial charge in [0.25, 0.3) is 0 Å². The van der Waals surface area contributed by atoms with Crippen molar-refractivity contribution < 1.29 is 4.74 Å². The van der Waals surface area contributed by atoms with Gasteiger partial charge >= 0.3 is 0 Å². The maximum absolute atomic E-state index is 5.89. The normalized spacial score (nSPS) is 23.2. The minimum atomic E-state index is 0.260. The molecule has 4 rings (SSSR count). The maximum atomic E-state index is 5.89. The Hall–Kier alpha value is -1.73. The molecule has 7 heteroatoms. The Morgan fingerprint density at radius 2 is 2.21 bits per heavy atom. The number of anilines is 1. The van der Waals surface area contributed by atoms with Crippen LogP contribution in [0.5, 0.6) is 5.88 Å². The summed E-state index contributed by atoms with van der Waals surface area (Å²) in [5.74, 6) is 1.31. The summed E-state index contributed by atoms with van der Waals surface area (Å²) in [5, 5.41) is 10.5. The van der Waals surface area contributed by atoms with Crippen molar-refractivity contribution >= 4 is 16.5 Å². The Bertz CT molecular complexity index is 685. The lowest BCUT2D eigenvalue weighted by molar-refractivity contribution is 0.00586. The molecule has 0 aliphatic carbocycles. The summed E-state index contributed by atoms with van der Waals surface area (Å²) in [7, 11) is 2.25. The Morgan fingerprint density at radius 1 is 1.33 bits per heavy atom. The highest BCUT2D eigenvalue weighted by Gasteiger charge is 2.50. The second-order valence-electron chi connectivity index (χ2n) is 6.94. The average molecular weight is 345 g/mol. The molecule has 2 aliphatic heterocycles. The van der Waals surface area contributed by atoms with Gasteiger partial charge in [-0.15, -0.1) is 10.2 Å². The van der Waals surface area contributed by atoms with E-state index in [0.29, 0.717) is 5.92 Å². The van der Waals surface area contributed by atoms with Crippen molar-refractivity contribution in [2.45, 2.75) is 25.3 Å². The number of hydrogen-bond donors (Lipinski definition) is 0. The molecule has 0 radical (unpaired) electrons. The number of likely N-dealkylation sites (tertiary alicyclic amines) is 1. The second kappa shape index (κ2) is 6.29. The summed E-state index contributed by atoms with van der Waals surface area (Å²) >= 11 is 1.68. The Kier molecular flexibility index (Phi) is 4.14. The van der Waals surface area contributed by atoms with Crippen LogP contribution in [0.2, 0.25) is 0 Å². The van der Waals surface area contributed by atoms with Gasteiger partial charge in [-0.2, -0.15) is 0 Å². The lowest BCUT2D eigenvalue weighted by Gasteiger charge is -2.58. The molecule has 2 fully saturated rings. The van der Waals surface area contributed by atoms with Gasteiger partial charge in [0.1, 0.15) is 5.01 Å². The first-order valence-electron chi connectivity index (χ1n) is 8.45. The lowest BCUT2D eigenvalue weighted by Crippen LogP contribution is -2.72. The van der Waals surface area contributed by atoms with Crippen molar-refractivity contribution in [1.29, 1.82) is 0 Å². The van der Waals surface area contributed by atoms with E-state index in [2.05, 4.69) is 32.0 Å². The molecule has 0 bridgehead atoms. The molecule has 6 nitrogen and oxygen atoms in total. The van der Waals surface area contributed by atoms with Crippen LogP contribution in [-0.2, 0) is 0 Å². The predicted octanol–water partition coefficient (Wildman–Crippen LogP) is 2.22. The molecule has 2 aromatic rings. The van der Waals surface area contributed by atoms with E-state index >= 15 is 0 Å². The summed E-state index contributed by atoms with van der Waals surface area (Å²) in [6.07, 6.45) is 4.13. The number of pyridine rings is 1. The molecule has 0 N–H and O–H groups in total. The van der Waals surface area contributed by atoms with E-state index in [1.807, 2.05) is 25.1 Å². The van der Waals surface area contributed by atoms with Crippen molar-refractivity contribution in [3.8, 4) is 5.88 Å². The number of aromatic nitrogens is 3. The molecule has 1 atom stereocenters. The van der Waals surface area contributed by atoms with Gasteiger partial charge in [-0.3, -0.25) is 4.90 Å². The molecule has 0 saturated carbocycles. The number of ether oxygens (including phenoxy) is 1. The summed E-state index contributed by atoms with van der Waals surface area (Å²) < 4.78 is 5.89. The number of likely N-dealkylation sites (N-methyl/N-ethyl adjacent to an activating group) is 1. The van der Waals surface area contributed by atoms with E-state index in [1.54, 1.807) is 17.5 Å². The van der Waals surface area contributed by atoms with Crippen LogP contribution >= 0.6 is 11.3 Å². The van der Waals surface area contributed by atoms with Gasteiger partial charge in [-0.25, -0.2) is 4.98 Å². The minimum absolute atomic E-state index is 0.260. The molecular weight excluding hydrogens is 322 g/mol. The van der Waals surface area contributed by atoms with Crippen LogP contribution in [0.3, 0.4) is 0 Å². The van der Waals surface area contributed by atoms with Gasteiger partial charge in [0.05, 0.1) is 12.1 Å². The van der Waals surface area contributed by atoms with E-state index in [0.717, 1.165) is 42.3 Å². The van der Waals surface area contributed by atoms with E-state index < -0.39 is 0 Å². The number of rotatable bonds is 4. The van der Waals surface area contributed by atoms with Crippen LogP contribution in [-0.4, -0.2) is 58.9 Å². The van der Waals surface area contributed by atoms with Crippen molar-refractivity contribution in [3.05, 3.63) is 29.4 Å². The first kappa shape index (κ1) is 15.8. The molecule has 0 amide bonds. The summed E-state index contributed by atoms with van der Waals surface area (Å²) in [5.41, 5.74) is 0.260. The molecule has 4 heterocycles. The summed E-state index contributed by atoms with van der Waals surface area (Å²) in [4.78, 5) is 9.12. The van der Waals surface area contributed by atoms with Crippen molar-refractivity contribution in [3.63, 3.8) is 0 Å². The highest BCUT2D eigenvalue weighted by molar-refractivity contribution is 7.15. The van der Waals surface area contributed by atoms with Crippen LogP contribution in [0.4, 0.5) is 5.13 Å². The highest BCUT2D eigenvalue weighted by atomic mass is 32.1. The number of aryl methyl sites for hydroxylation is 1. The van der Waals surface area contributed by atoms with Gasteiger partial charge in [0.15, 0.2) is 0 Å². The summed E-state index contributed by atoms with van der Waals surface area (Å²) in [6.45, 7) is 5.97. The quantitative estimate of drug-likeness (QED) is 0.847. The van der Waals surface area contributed by atoms with E-state index in [4.69, 9.17) is 4.74 Å². The molecule has 0 aromatic carbocycles. The van der Waals surface area contributed by atoms with Crippen molar-refractivity contribution in [2.24, 2.45) is 5.92 Å². The second-order valence-corrected chi connectivity index (χ2v) is 8.10. The smallest absolute Gasteiger partial charge is 0.213 e. The van der Waals surface area contributed by atoms with Crippen molar-refractivity contribution in [1.82, 2.24) is 20.1 Å². The van der Waals surface area contributed by atoms with Gasteiger partial charge in [-0.1, -0.05) is 17.4 Å². The van der Waals surface area contributed by atoms with Gasteiger partial charge < -0.3 is 9.64 Å². The zero-order valence-corrected chi connectivity index (χ0v) is 15.0. The molecule has 0 unspecified atom stereocenters. The van der Waals surface area contributed by atoms with Crippen molar-refractivity contribution in [2.75, 3.05) is 38.2 Å². The van der Waals surface area contributed by atoms with Crippen LogP contribution in [0.1, 0.15) is 17.8 Å². The maximum Gasteiger partial charge on any atom is 0.213 e.